The molecule has 10 fully saturated rings. The average Bonchev–Trinajstić information content (AvgIpc) is 0.770. The molecular weight excluding hydrogens is 1700 g/mol. The molecule has 0 bridgehead atoms. The van der Waals surface area contributed by atoms with Gasteiger partial charge in [0.15, 0.2) is 62.9 Å². The maximum absolute atomic E-state index is 13.5. The maximum atomic E-state index is 13.5. The van der Waals surface area contributed by atoms with Gasteiger partial charge in [-0.1, -0.05) is 0 Å². The molecule has 10 aliphatic rings. The van der Waals surface area contributed by atoms with E-state index in [2.05, 4.69) is 21.3 Å². The highest BCUT2D eigenvalue weighted by atomic mass is 16.8. The van der Waals surface area contributed by atoms with Crippen LogP contribution in [0.5, 0.6) is 0 Å². The van der Waals surface area contributed by atoms with Crippen molar-refractivity contribution in [3.63, 3.8) is 0 Å². The summed E-state index contributed by atoms with van der Waals surface area (Å²) in [7, 11) is 0. The van der Waals surface area contributed by atoms with Gasteiger partial charge in [-0.15, -0.1) is 0 Å². The van der Waals surface area contributed by atoms with Gasteiger partial charge in [0.25, 0.3) is 0 Å². The summed E-state index contributed by atoms with van der Waals surface area (Å²) in [5.41, 5.74) is 5.59. The molecule has 55 nitrogen and oxygen atoms in total. The summed E-state index contributed by atoms with van der Waals surface area (Å²) in [4.78, 5) is 52.1. The van der Waals surface area contributed by atoms with Crippen LogP contribution in [0.1, 0.15) is 34.6 Å². The smallest absolute Gasteiger partial charge is 0.217 e. The van der Waals surface area contributed by atoms with E-state index >= 15 is 0 Å². The molecule has 0 saturated carbocycles. The van der Waals surface area contributed by atoms with Crippen molar-refractivity contribution >= 4 is 23.6 Å². The fraction of sp³-hybridized carbons (Fsp3) is 0.942. The van der Waals surface area contributed by atoms with Gasteiger partial charge in [-0.05, 0) is 6.92 Å². The lowest BCUT2D eigenvalue weighted by atomic mass is 9.93. The maximum Gasteiger partial charge on any atom is 0.217 e. The molecule has 0 aromatic rings. The van der Waals surface area contributed by atoms with Crippen molar-refractivity contribution in [3.8, 4) is 0 Å². The van der Waals surface area contributed by atoms with Crippen LogP contribution < -0.4 is 27.0 Å². The standard InChI is InChI=1S/C69H117N5O50/c1-16-34(87)43(96)48(101)64(107-16)121-56-33(74-20(5)86)63(115-28(13-82)55(56)120-66-50(103)45(98)36(89)22(7-76)109-66)123-58-46(99)37(90)23(8-77)110-68(58)105-14-29-39(92)57(51(104)67(116-29)119-54-27(12-81)113-61(31(41(54)94)72-18(3)84)117-52-25(10-79)112-60(106-15-70)30(40(52)93)71-17(2)83)122-69-59(47(100)38(91)24(9-78)111-69)124-62-32(73-19(4)85)42(95)53(26(11-80)114-62)118-65-49(102)44(97)35(88)21(6-75)108-65/h16,21-69,75-82,87-104H,6-15,70H2,1-5H3,(H,71,83)(H,72,84)(H,73,85)(H,74,86)/t16?,21?,22?,23?,24?,25?,26?,27?,28?,29?,30?,31?,32?,33?,34-,35+,36+,37-,38+,39-,40+,41+,42-,43+,44+,45+,46+,47?,48?,49?,50?,51?,52-,53-,54-,55-,56-,57+,58?,59+,60-,61+,62+,63+,64+,65+,66+,67+,68+,69+/m1/s1. The Morgan fingerprint density at radius 2 is 0.516 bits per heavy atom. The van der Waals surface area contributed by atoms with Gasteiger partial charge in [0.2, 0.25) is 23.6 Å². The van der Waals surface area contributed by atoms with E-state index in [1.807, 2.05) is 0 Å². The van der Waals surface area contributed by atoms with Crippen LogP contribution in [0.2, 0.25) is 0 Å². The van der Waals surface area contributed by atoms with E-state index < -0.39 is 397 Å². The molecule has 718 valence electrons. The SMILES string of the molecule is CC(=O)NC1[C@H](O[C@H]2C(O)[C@@H](O)C(CO)O[C@H]2O[C@@H]2C(O)[C@H](O[C@@H]3C(CO)O[C@@H](O[C@@H]4C(CO)O[C@@H](OCN)C(NC(C)=O)[C@@H]4O)C(NC(C)=O)[C@@H]3O)OC(CO[C@H]3OC(CO)[C@@H](O)[C@H](O)C3O[C@@H]3OC(CO)[C@@H](O[C@@H]4OC(CO)[C@H](O)[C@H](O)C4O)[C@H](O[C@@H]4OC(C)[C@@H](O)[C@H](O)C4O)C3NC(C)=O)[C@H]2O)OC(CO)[C@@H](O[C@@H]2OC(CO)[C@H](O)[C@H](O)C2O)[C@@H]1O. The highest BCUT2D eigenvalue weighted by Crippen LogP contribution is 2.42. The highest BCUT2D eigenvalue weighted by molar-refractivity contribution is 5.74. The molecule has 0 radical (unpaired) electrons. The number of nitrogens with one attached hydrogen (secondary N) is 4. The third-order valence-corrected chi connectivity index (χ3v) is 22.7. The number of hydrogen-bond acceptors (Lipinski definition) is 51. The molecule has 0 aliphatic carbocycles. The van der Waals surface area contributed by atoms with Gasteiger partial charge in [-0.2, -0.15) is 0 Å². The number of amides is 4. The summed E-state index contributed by atoms with van der Waals surface area (Å²) in [6.45, 7) is -5.64. The van der Waals surface area contributed by atoms with Crippen LogP contribution in [-0.2, 0) is 114 Å². The molecular formula is C69H117N5O50. The van der Waals surface area contributed by atoms with Crippen molar-refractivity contribution in [3.05, 3.63) is 0 Å². The molecule has 0 spiro atoms. The van der Waals surface area contributed by atoms with E-state index in [9.17, 15) is 152 Å². The van der Waals surface area contributed by atoms with Crippen LogP contribution in [0.25, 0.3) is 0 Å². The number of carbonyl (C=O) groups is 4. The summed E-state index contributed by atoms with van der Waals surface area (Å²) in [5.74, 6) is -3.68. The largest absolute Gasteiger partial charge is 0.394 e. The van der Waals surface area contributed by atoms with Crippen LogP contribution in [0.4, 0.5) is 0 Å². The minimum atomic E-state index is -2.62. The molecule has 20 unspecified atom stereocenters. The summed E-state index contributed by atoms with van der Waals surface area (Å²) in [6, 6.07) is -7.46. The molecule has 4 amide bonds. The van der Waals surface area contributed by atoms with E-state index in [0.717, 1.165) is 27.7 Å². The monoisotopic (exact) mass is 1820 g/mol. The Balaban J connectivity index is 1.01. The second kappa shape index (κ2) is 44.9. The zero-order valence-corrected chi connectivity index (χ0v) is 66.9. The Morgan fingerprint density at radius 3 is 0.919 bits per heavy atom. The van der Waals surface area contributed by atoms with Gasteiger partial charge >= 0.3 is 0 Å². The first kappa shape index (κ1) is 102. The van der Waals surface area contributed by atoms with Crippen LogP contribution in [0.3, 0.4) is 0 Å². The van der Waals surface area contributed by atoms with E-state index in [0.29, 0.717) is 0 Å². The average molecular weight is 1820 g/mol. The highest BCUT2D eigenvalue weighted by Gasteiger charge is 2.62. The summed E-state index contributed by atoms with van der Waals surface area (Å²) in [6.07, 6.45) is -96.1. The Bertz CT molecular complexity index is 3330. The van der Waals surface area contributed by atoms with Gasteiger partial charge in [-0.3, -0.25) is 19.2 Å². The quantitative estimate of drug-likeness (QED) is 0.0271. The first-order valence-corrected chi connectivity index (χ1v) is 39.7. The van der Waals surface area contributed by atoms with Gasteiger partial charge in [-0.25, -0.2) is 0 Å². The predicted octanol–water partition coefficient (Wildman–Crippen LogP) is -21.3. The second-order valence-electron chi connectivity index (χ2n) is 31.3. The van der Waals surface area contributed by atoms with E-state index in [4.69, 9.17) is 100 Å². The number of aliphatic hydroxyl groups is 26. The molecule has 10 aliphatic heterocycles. The Hall–Kier alpha value is -4.00. The van der Waals surface area contributed by atoms with Crippen LogP contribution in [0, 0.1) is 0 Å². The zero-order chi connectivity index (χ0) is 91.2. The minimum absolute atomic E-state index is 0.543. The van der Waals surface area contributed by atoms with Crippen molar-refractivity contribution in [2.75, 3.05) is 66.2 Å². The van der Waals surface area contributed by atoms with Gasteiger partial charge in [0.1, 0.15) is 238 Å². The topological polar surface area (TPSA) is 853 Å². The lowest BCUT2D eigenvalue weighted by molar-refractivity contribution is -0.400. The summed E-state index contributed by atoms with van der Waals surface area (Å²) in [5, 5.41) is 301. The van der Waals surface area contributed by atoms with Crippen LogP contribution >= 0.6 is 0 Å². The third-order valence-electron chi connectivity index (χ3n) is 22.7. The van der Waals surface area contributed by atoms with Crippen molar-refractivity contribution in [1.29, 1.82) is 0 Å². The summed E-state index contributed by atoms with van der Waals surface area (Å²) < 4.78 is 120. The number of ether oxygens (including phenoxy) is 20. The normalized spacial score (nSPS) is 49.1. The fourth-order valence-corrected chi connectivity index (χ4v) is 16.1. The molecule has 10 saturated heterocycles. The molecule has 0 aromatic heterocycles. The van der Waals surface area contributed by atoms with E-state index in [-0.39, 0.29) is 0 Å². The van der Waals surface area contributed by atoms with E-state index in [1.54, 1.807) is 0 Å². The number of aliphatic hydroxyl groups excluding tert-OH is 26. The minimum Gasteiger partial charge on any atom is -0.394 e. The number of hydrogen-bond donors (Lipinski definition) is 31. The number of carbonyl (C=O) groups excluding carboxylic acids is 4. The van der Waals surface area contributed by atoms with Crippen molar-refractivity contribution in [2.45, 2.75) is 341 Å². The fourth-order valence-electron chi connectivity index (χ4n) is 16.1. The third kappa shape index (κ3) is 22.5. The summed E-state index contributed by atoms with van der Waals surface area (Å²) >= 11 is 0. The van der Waals surface area contributed by atoms with Gasteiger partial charge < -0.3 is 255 Å². The lowest BCUT2D eigenvalue weighted by Gasteiger charge is -2.51. The van der Waals surface area contributed by atoms with Crippen molar-refractivity contribution in [1.82, 2.24) is 21.3 Å². The molecule has 50 atom stereocenters. The Labute approximate surface area is 703 Å². The number of rotatable bonds is 33. The molecule has 0 aromatic carbocycles. The van der Waals surface area contributed by atoms with Gasteiger partial charge in [0.05, 0.1) is 72.3 Å². The second-order valence-corrected chi connectivity index (χ2v) is 31.3. The molecule has 10 rings (SSSR count). The first-order chi connectivity index (χ1) is 58.7. The van der Waals surface area contributed by atoms with Crippen LogP contribution in [-0.4, -0.2) is 529 Å². The van der Waals surface area contributed by atoms with Gasteiger partial charge in [0, 0.05) is 27.7 Å². The number of nitrogens with two attached hydrogens (primary N) is 1. The van der Waals surface area contributed by atoms with Crippen LogP contribution in [0.15, 0.2) is 0 Å². The molecule has 10 heterocycles. The molecule has 32 N–H and O–H groups in total. The van der Waals surface area contributed by atoms with Crippen molar-refractivity contribution < 1.29 is 247 Å². The predicted molar refractivity (Wildman–Crippen MR) is 383 cm³/mol. The molecule has 55 heteroatoms. The van der Waals surface area contributed by atoms with E-state index in [1.165, 1.54) is 6.92 Å². The van der Waals surface area contributed by atoms with Crippen molar-refractivity contribution in [2.24, 2.45) is 5.73 Å². The Kier molecular flexibility index (Phi) is 37.0. The lowest BCUT2D eigenvalue weighted by Crippen LogP contribution is -2.71. The molecule has 124 heavy (non-hydrogen) atoms. The first-order valence-electron chi connectivity index (χ1n) is 39.7. The Morgan fingerprint density at radius 1 is 0.242 bits per heavy atom. The zero-order valence-electron chi connectivity index (χ0n) is 66.9.